The zero-order valence-electron chi connectivity index (χ0n) is 14.0. The molecular weight excluding hydrogens is 361 g/mol. The number of rotatable bonds is 4. The minimum atomic E-state index is -0.0630. The Morgan fingerprint density at radius 2 is 1.96 bits per heavy atom. The third-order valence-electron chi connectivity index (χ3n) is 4.19. The molecule has 1 saturated heterocycles. The monoisotopic (exact) mass is 383 g/mol. The quantitative estimate of drug-likeness (QED) is 0.876. The number of hydrogen-bond acceptors (Lipinski definition) is 4. The van der Waals surface area contributed by atoms with Crippen molar-refractivity contribution in [1.29, 1.82) is 0 Å². The number of halogens is 2. The van der Waals surface area contributed by atoms with Crippen molar-refractivity contribution in [1.82, 2.24) is 9.88 Å². The molecular formula is C18H23Cl2N3O2. The van der Waals surface area contributed by atoms with Gasteiger partial charge in [0.25, 0.3) is 5.91 Å². The largest absolute Gasteiger partial charge is 0.457 e. The van der Waals surface area contributed by atoms with Gasteiger partial charge >= 0.3 is 0 Å². The van der Waals surface area contributed by atoms with Crippen LogP contribution in [-0.4, -0.2) is 34.9 Å². The van der Waals surface area contributed by atoms with Crippen LogP contribution in [0, 0.1) is 5.92 Å². The lowest BCUT2D eigenvalue weighted by Gasteiger charge is -2.21. The lowest BCUT2D eigenvalue weighted by molar-refractivity contribution is 0.0737. The first kappa shape index (κ1) is 21.2. The number of carbonyl (C=O) groups excluding carboxylic acids is 1. The van der Waals surface area contributed by atoms with Gasteiger partial charge in [-0.2, -0.15) is 0 Å². The van der Waals surface area contributed by atoms with Gasteiger partial charge in [-0.3, -0.25) is 9.78 Å². The number of hydrogen-bond donors (Lipinski definition) is 1. The van der Waals surface area contributed by atoms with E-state index in [2.05, 4.69) is 11.9 Å². The zero-order chi connectivity index (χ0) is 16.2. The van der Waals surface area contributed by atoms with Crippen LogP contribution in [0.25, 0.3) is 0 Å². The molecule has 136 valence electrons. The molecule has 0 saturated carbocycles. The molecule has 0 spiro atoms. The van der Waals surface area contributed by atoms with Crippen LogP contribution in [0.2, 0.25) is 0 Å². The van der Waals surface area contributed by atoms with Gasteiger partial charge in [-0.25, -0.2) is 0 Å². The fourth-order valence-corrected chi connectivity index (χ4v) is 2.96. The topological polar surface area (TPSA) is 68.5 Å². The molecule has 2 aromatic rings. The maximum atomic E-state index is 12.7. The molecule has 0 bridgehead atoms. The predicted octanol–water partition coefficient (Wildman–Crippen LogP) is 3.53. The van der Waals surface area contributed by atoms with E-state index < -0.39 is 0 Å². The molecule has 25 heavy (non-hydrogen) atoms. The molecule has 3 rings (SSSR count). The van der Waals surface area contributed by atoms with Crippen LogP contribution in [0.15, 0.2) is 48.7 Å². The molecule has 1 aliphatic rings. The normalized spacial score (nSPS) is 18.9. The second-order valence-electron chi connectivity index (χ2n) is 5.94. The summed E-state index contributed by atoms with van der Waals surface area (Å²) in [5.74, 6) is 1.65. The highest BCUT2D eigenvalue weighted by molar-refractivity contribution is 5.93. The van der Waals surface area contributed by atoms with E-state index in [4.69, 9.17) is 10.5 Å². The van der Waals surface area contributed by atoms with Crippen LogP contribution in [0.1, 0.15) is 23.8 Å². The van der Waals surface area contributed by atoms with Gasteiger partial charge in [0, 0.05) is 24.8 Å². The van der Waals surface area contributed by atoms with Crippen molar-refractivity contribution in [2.45, 2.75) is 19.4 Å². The maximum absolute atomic E-state index is 12.7. The van der Waals surface area contributed by atoms with Gasteiger partial charge in [-0.1, -0.05) is 18.2 Å². The van der Waals surface area contributed by atoms with Crippen LogP contribution >= 0.6 is 24.8 Å². The summed E-state index contributed by atoms with van der Waals surface area (Å²) in [6.07, 6.45) is 2.55. The maximum Gasteiger partial charge on any atom is 0.272 e. The summed E-state index contributed by atoms with van der Waals surface area (Å²) in [7, 11) is 0. The van der Waals surface area contributed by atoms with E-state index in [1.165, 1.54) is 0 Å². The zero-order valence-corrected chi connectivity index (χ0v) is 15.6. The van der Waals surface area contributed by atoms with Crippen molar-refractivity contribution in [3.63, 3.8) is 0 Å². The summed E-state index contributed by atoms with van der Waals surface area (Å²) in [6, 6.07) is 13.1. The van der Waals surface area contributed by atoms with Crippen LogP contribution in [0.4, 0.5) is 0 Å². The van der Waals surface area contributed by atoms with E-state index in [-0.39, 0.29) is 36.8 Å². The molecule has 1 aliphatic heterocycles. The Morgan fingerprint density at radius 3 is 2.60 bits per heavy atom. The Bertz CT molecular complexity index is 685. The smallest absolute Gasteiger partial charge is 0.272 e. The molecule has 1 aromatic carbocycles. The number of nitrogens with zero attached hydrogens (tertiary/aromatic N) is 2. The molecule has 2 N–H and O–H groups in total. The Hall–Kier alpha value is -1.82. The third kappa shape index (κ3) is 5.08. The molecule has 1 aromatic heterocycles. The fraction of sp³-hybridized carbons (Fsp3) is 0.333. The highest BCUT2D eigenvalue weighted by Crippen LogP contribution is 2.25. The molecule has 0 radical (unpaired) electrons. The highest BCUT2D eigenvalue weighted by Gasteiger charge is 2.32. The molecule has 1 fully saturated rings. The van der Waals surface area contributed by atoms with Crippen LogP contribution in [0.5, 0.6) is 11.5 Å². The van der Waals surface area contributed by atoms with E-state index in [9.17, 15) is 4.79 Å². The van der Waals surface area contributed by atoms with Crippen molar-refractivity contribution in [3.8, 4) is 11.5 Å². The van der Waals surface area contributed by atoms with Gasteiger partial charge < -0.3 is 15.4 Å². The molecule has 0 aliphatic carbocycles. The molecule has 2 heterocycles. The van der Waals surface area contributed by atoms with Crippen molar-refractivity contribution in [2.24, 2.45) is 11.7 Å². The van der Waals surface area contributed by atoms with Crippen LogP contribution in [-0.2, 0) is 0 Å². The molecule has 5 nitrogen and oxygen atoms in total. The van der Waals surface area contributed by atoms with Crippen molar-refractivity contribution < 1.29 is 9.53 Å². The Morgan fingerprint density at radius 1 is 1.24 bits per heavy atom. The van der Waals surface area contributed by atoms with E-state index >= 15 is 0 Å². The van der Waals surface area contributed by atoms with Gasteiger partial charge in [0.2, 0.25) is 0 Å². The first-order chi connectivity index (χ1) is 11.2. The summed E-state index contributed by atoms with van der Waals surface area (Å²) in [6.45, 7) is 3.36. The van der Waals surface area contributed by atoms with Crippen LogP contribution < -0.4 is 10.5 Å². The summed E-state index contributed by atoms with van der Waals surface area (Å²) in [4.78, 5) is 18.8. The van der Waals surface area contributed by atoms with Gasteiger partial charge in [0.1, 0.15) is 17.2 Å². The Balaban J connectivity index is 0.00000156. The summed E-state index contributed by atoms with van der Waals surface area (Å²) >= 11 is 0. The first-order valence-corrected chi connectivity index (χ1v) is 7.87. The summed E-state index contributed by atoms with van der Waals surface area (Å²) in [5, 5.41) is 0. The lowest BCUT2D eigenvalue weighted by atomic mass is 10.1. The third-order valence-corrected chi connectivity index (χ3v) is 4.19. The second kappa shape index (κ2) is 9.61. The van der Waals surface area contributed by atoms with Crippen molar-refractivity contribution in [2.75, 3.05) is 13.1 Å². The number of benzene rings is 1. The Labute approximate surface area is 160 Å². The SMILES string of the molecule is CC1CC(CN)CN1C(=O)c1cc(Oc2ccccc2)ccn1.Cl.Cl. The fourth-order valence-electron chi connectivity index (χ4n) is 2.96. The number of carbonyl (C=O) groups is 1. The summed E-state index contributed by atoms with van der Waals surface area (Å²) in [5.41, 5.74) is 6.14. The van der Waals surface area contributed by atoms with E-state index in [1.54, 1.807) is 18.3 Å². The van der Waals surface area contributed by atoms with E-state index in [0.717, 1.165) is 12.2 Å². The number of pyridine rings is 1. The van der Waals surface area contributed by atoms with Gasteiger partial charge in [-0.05, 0) is 44.0 Å². The van der Waals surface area contributed by atoms with Gasteiger partial charge in [-0.15, -0.1) is 24.8 Å². The first-order valence-electron chi connectivity index (χ1n) is 7.87. The number of likely N-dealkylation sites (tertiary alicyclic amines) is 1. The summed E-state index contributed by atoms with van der Waals surface area (Å²) < 4.78 is 5.77. The Kier molecular flexibility index (Phi) is 8.16. The van der Waals surface area contributed by atoms with Gasteiger partial charge in [0.15, 0.2) is 0 Å². The molecule has 2 unspecified atom stereocenters. The number of aromatic nitrogens is 1. The number of ether oxygens (including phenoxy) is 1. The van der Waals surface area contributed by atoms with Crippen molar-refractivity contribution in [3.05, 3.63) is 54.4 Å². The predicted molar refractivity (Wildman–Crippen MR) is 103 cm³/mol. The average Bonchev–Trinajstić information content (AvgIpc) is 2.96. The second-order valence-corrected chi connectivity index (χ2v) is 5.94. The number of nitrogens with two attached hydrogens (primary N) is 1. The van der Waals surface area contributed by atoms with E-state index in [1.807, 2.05) is 35.2 Å². The van der Waals surface area contributed by atoms with E-state index in [0.29, 0.717) is 30.5 Å². The number of para-hydroxylation sites is 1. The molecule has 2 atom stereocenters. The average molecular weight is 384 g/mol. The highest BCUT2D eigenvalue weighted by atomic mass is 35.5. The minimum Gasteiger partial charge on any atom is -0.457 e. The minimum absolute atomic E-state index is 0. The number of amides is 1. The molecule has 7 heteroatoms. The molecule has 1 amide bonds. The van der Waals surface area contributed by atoms with Crippen LogP contribution in [0.3, 0.4) is 0 Å². The standard InChI is InChI=1S/C18H21N3O2.2ClH/c1-13-9-14(11-19)12-21(13)18(22)17-10-16(7-8-20-17)23-15-5-3-2-4-6-15;;/h2-8,10,13-14H,9,11-12,19H2,1H3;2*1H. The van der Waals surface area contributed by atoms with Gasteiger partial charge in [0.05, 0.1) is 0 Å². The lowest BCUT2D eigenvalue weighted by Crippen LogP contribution is -2.34. The van der Waals surface area contributed by atoms with Crippen molar-refractivity contribution >= 4 is 30.7 Å².